The number of rotatable bonds is 4. The Hall–Kier alpha value is -1.06. The molecule has 0 radical (unpaired) electrons. The molecule has 1 unspecified atom stereocenters. The molecule has 0 aromatic heterocycles. The molecule has 1 atom stereocenters. The molecule has 0 aliphatic heterocycles. The molecular weight excluding hydrogens is 268 g/mol. The number of hydrogen-bond donors (Lipinski definition) is 0. The third-order valence-corrected chi connectivity index (χ3v) is 5.35. The van der Waals surface area contributed by atoms with Gasteiger partial charge in [-0.2, -0.15) is 0 Å². The molecule has 2 rings (SSSR count). The zero-order valence-corrected chi connectivity index (χ0v) is 11.7. The summed E-state index contributed by atoms with van der Waals surface area (Å²) in [5.74, 6) is 0.407. The maximum Gasteiger partial charge on any atom is 0.178 e. The lowest BCUT2D eigenvalue weighted by Gasteiger charge is -2.09. The zero-order chi connectivity index (χ0) is 13.2. The Balaban J connectivity index is 2.41. The van der Waals surface area contributed by atoms with Crippen molar-refractivity contribution in [3.8, 4) is 0 Å². The van der Waals surface area contributed by atoms with Crippen molar-refractivity contribution in [2.45, 2.75) is 11.8 Å². The van der Waals surface area contributed by atoms with E-state index < -0.39 is 9.84 Å². The summed E-state index contributed by atoms with van der Waals surface area (Å²) in [6.07, 6.45) is 0. The predicted molar refractivity (Wildman–Crippen MR) is 75.9 cm³/mol. The number of hydrogen-bond acceptors (Lipinski definition) is 2. The minimum atomic E-state index is -3.25. The Labute approximate surface area is 113 Å². The van der Waals surface area contributed by atoms with E-state index in [0.717, 1.165) is 10.8 Å². The smallest absolute Gasteiger partial charge is 0.178 e. The molecule has 18 heavy (non-hydrogen) atoms. The molecule has 0 heterocycles. The number of fused-ring (bicyclic) bond motifs is 1. The van der Waals surface area contributed by atoms with Gasteiger partial charge in [0.1, 0.15) is 0 Å². The van der Waals surface area contributed by atoms with Crippen LogP contribution in [0.3, 0.4) is 0 Å². The van der Waals surface area contributed by atoms with Crippen molar-refractivity contribution in [1.29, 1.82) is 0 Å². The lowest BCUT2D eigenvalue weighted by molar-refractivity contribution is 0.583. The molecular formula is C14H15ClO2S. The Morgan fingerprint density at radius 3 is 2.44 bits per heavy atom. The molecule has 0 aliphatic carbocycles. The molecule has 0 fully saturated rings. The van der Waals surface area contributed by atoms with Gasteiger partial charge in [-0.25, -0.2) is 8.42 Å². The highest BCUT2D eigenvalue weighted by molar-refractivity contribution is 7.91. The van der Waals surface area contributed by atoms with Crippen molar-refractivity contribution in [2.24, 2.45) is 5.92 Å². The van der Waals surface area contributed by atoms with Crippen LogP contribution in [0.25, 0.3) is 10.8 Å². The first-order chi connectivity index (χ1) is 8.53. The molecule has 0 N–H and O–H groups in total. The average molecular weight is 283 g/mol. The van der Waals surface area contributed by atoms with Crippen molar-refractivity contribution in [1.82, 2.24) is 0 Å². The fraction of sp³-hybridized carbons (Fsp3) is 0.286. The summed E-state index contributed by atoms with van der Waals surface area (Å²) in [7, 11) is -3.25. The van der Waals surface area contributed by atoms with Gasteiger partial charge in [-0.1, -0.05) is 37.3 Å². The van der Waals surface area contributed by atoms with Crippen molar-refractivity contribution in [3.05, 3.63) is 42.5 Å². The molecule has 2 nitrogen and oxygen atoms in total. The highest BCUT2D eigenvalue weighted by Gasteiger charge is 2.18. The topological polar surface area (TPSA) is 34.1 Å². The molecule has 0 saturated carbocycles. The maximum atomic E-state index is 12.2. The summed E-state index contributed by atoms with van der Waals surface area (Å²) in [4.78, 5) is 0.373. The summed E-state index contributed by atoms with van der Waals surface area (Å²) in [5.41, 5.74) is 0. The zero-order valence-electron chi connectivity index (χ0n) is 10.1. The van der Waals surface area contributed by atoms with Gasteiger partial charge in [-0.3, -0.25) is 0 Å². The van der Waals surface area contributed by atoms with E-state index in [4.69, 9.17) is 11.6 Å². The lowest BCUT2D eigenvalue weighted by Crippen LogP contribution is -2.15. The van der Waals surface area contributed by atoms with Crippen LogP contribution in [0, 0.1) is 5.92 Å². The first kappa shape index (κ1) is 13.4. The van der Waals surface area contributed by atoms with Crippen molar-refractivity contribution in [2.75, 3.05) is 11.6 Å². The number of sulfone groups is 1. The number of halogens is 1. The van der Waals surface area contributed by atoms with E-state index in [1.807, 2.05) is 37.3 Å². The summed E-state index contributed by atoms with van der Waals surface area (Å²) >= 11 is 5.68. The van der Waals surface area contributed by atoms with Crippen LogP contribution < -0.4 is 0 Å². The van der Waals surface area contributed by atoms with Gasteiger partial charge in [0.2, 0.25) is 0 Å². The van der Waals surface area contributed by atoms with E-state index in [-0.39, 0.29) is 11.7 Å². The average Bonchev–Trinajstić information content (AvgIpc) is 2.37. The van der Waals surface area contributed by atoms with Gasteiger partial charge in [-0.15, -0.1) is 11.6 Å². The molecule has 96 valence electrons. The minimum Gasteiger partial charge on any atom is -0.224 e. The van der Waals surface area contributed by atoms with E-state index in [9.17, 15) is 8.42 Å². The van der Waals surface area contributed by atoms with Gasteiger partial charge < -0.3 is 0 Å². The highest BCUT2D eigenvalue weighted by atomic mass is 35.5. The van der Waals surface area contributed by atoms with Crippen LogP contribution >= 0.6 is 11.6 Å². The fourth-order valence-corrected chi connectivity index (χ4v) is 3.76. The number of benzene rings is 2. The maximum absolute atomic E-state index is 12.2. The summed E-state index contributed by atoms with van der Waals surface area (Å²) < 4.78 is 24.4. The van der Waals surface area contributed by atoms with Gasteiger partial charge >= 0.3 is 0 Å². The van der Waals surface area contributed by atoms with Crippen LogP contribution in [0.2, 0.25) is 0 Å². The second-order valence-corrected chi connectivity index (χ2v) is 6.89. The van der Waals surface area contributed by atoms with E-state index in [2.05, 4.69) is 0 Å². The normalized spacial score (nSPS) is 13.7. The Morgan fingerprint density at radius 1 is 1.11 bits per heavy atom. The quantitative estimate of drug-likeness (QED) is 0.805. The van der Waals surface area contributed by atoms with E-state index in [1.54, 1.807) is 12.1 Å². The highest BCUT2D eigenvalue weighted by Crippen LogP contribution is 2.21. The molecule has 0 saturated heterocycles. The third kappa shape index (κ3) is 2.85. The summed E-state index contributed by atoms with van der Waals surface area (Å²) in [6, 6.07) is 13.0. The van der Waals surface area contributed by atoms with Gasteiger partial charge in [0, 0.05) is 5.88 Å². The van der Waals surface area contributed by atoms with E-state index >= 15 is 0 Å². The Morgan fingerprint density at radius 2 is 1.78 bits per heavy atom. The monoisotopic (exact) mass is 282 g/mol. The third-order valence-electron chi connectivity index (χ3n) is 2.85. The molecule has 0 amide bonds. The van der Waals surface area contributed by atoms with Gasteiger partial charge in [0.25, 0.3) is 0 Å². The molecule has 0 bridgehead atoms. The van der Waals surface area contributed by atoms with E-state index in [0.29, 0.717) is 10.8 Å². The standard InChI is InChI=1S/C14H15ClO2S/c1-11(9-15)10-18(16,17)14-7-6-12-4-2-3-5-13(12)8-14/h2-8,11H,9-10H2,1H3. The summed E-state index contributed by atoms with van der Waals surface area (Å²) in [6.45, 7) is 1.84. The van der Waals surface area contributed by atoms with Crippen LogP contribution in [0.5, 0.6) is 0 Å². The number of alkyl halides is 1. The molecule has 2 aromatic carbocycles. The Kier molecular flexibility index (Phi) is 3.93. The van der Waals surface area contributed by atoms with Gasteiger partial charge in [-0.05, 0) is 28.8 Å². The second kappa shape index (κ2) is 5.29. The van der Waals surface area contributed by atoms with Crippen LogP contribution in [0.4, 0.5) is 0 Å². The van der Waals surface area contributed by atoms with E-state index in [1.165, 1.54) is 0 Å². The minimum absolute atomic E-state index is 0.0388. The fourth-order valence-electron chi connectivity index (χ4n) is 1.88. The van der Waals surface area contributed by atoms with Crippen molar-refractivity contribution < 1.29 is 8.42 Å². The van der Waals surface area contributed by atoms with Crippen molar-refractivity contribution >= 4 is 32.2 Å². The largest absolute Gasteiger partial charge is 0.224 e. The van der Waals surface area contributed by atoms with Gasteiger partial charge in [0.15, 0.2) is 9.84 Å². The first-order valence-corrected chi connectivity index (χ1v) is 7.99. The van der Waals surface area contributed by atoms with Crippen LogP contribution in [0.15, 0.2) is 47.4 Å². The molecule has 2 aromatic rings. The molecule has 0 aliphatic rings. The SMILES string of the molecule is CC(CCl)CS(=O)(=O)c1ccc2ccccc2c1. The lowest BCUT2D eigenvalue weighted by atomic mass is 10.1. The van der Waals surface area contributed by atoms with Crippen LogP contribution in [-0.4, -0.2) is 20.1 Å². The summed E-state index contributed by atoms with van der Waals surface area (Å²) in [5, 5.41) is 1.99. The van der Waals surface area contributed by atoms with Crippen molar-refractivity contribution in [3.63, 3.8) is 0 Å². The van der Waals surface area contributed by atoms with Gasteiger partial charge in [0.05, 0.1) is 10.6 Å². The second-order valence-electron chi connectivity index (χ2n) is 4.55. The van der Waals surface area contributed by atoms with Crippen LogP contribution in [0.1, 0.15) is 6.92 Å². The first-order valence-electron chi connectivity index (χ1n) is 5.80. The van der Waals surface area contributed by atoms with Crippen LogP contribution in [-0.2, 0) is 9.84 Å². The molecule has 4 heteroatoms. The molecule has 0 spiro atoms. The predicted octanol–water partition coefficient (Wildman–Crippen LogP) is 3.49. The Bertz CT molecular complexity index is 650.